The molecule has 0 amide bonds. The number of rotatable bonds is 4. The summed E-state index contributed by atoms with van der Waals surface area (Å²) in [5.41, 5.74) is 3.41. The number of hydrogen-bond donors (Lipinski definition) is 4. The van der Waals surface area contributed by atoms with Crippen LogP contribution in [0.1, 0.15) is 11.1 Å². The molecule has 0 radical (unpaired) electrons. The number of nitriles is 1. The zero-order chi connectivity index (χ0) is 18.0. The van der Waals surface area contributed by atoms with Gasteiger partial charge in [0.1, 0.15) is 11.9 Å². The molecule has 1 aliphatic heterocycles. The van der Waals surface area contributed by atoms with E-state index in [1.807, 2.05) is 24.3 Å². The average Bonchev–Trinajstić information content (AvgIpc) is 2.67. The van der Waals surface area contributed by atoms with Gasteiger partial charge in [0.25, 0.3) is 0 Å². The summed E-state index contributed by atoms with van der Waals surface area (Å²) in [6.45, 7) is 0. The molecule has 0 saturated heterocycles. The number of halogens is 1. The first-order chi connectivity index (χ1) is 12.1. The zero-order valence-corrected chi connectivity index (χ0v) is 14.3. The van der Waals surface area contributed by atoms with Crippen LogP contribution in [0.2, 0.25) is 0 Å². The summed E-state index contributed by atoms with van der Waals surface area (Å²) in [5.74, 6) is -1.41. The second-order valence-electron chi connectivity index (χ2n) is 5.68. The monoisotopic (exact) mass is 341 g/mol. The van der Waals surface area contributed by atoms with Gasteiger partial charge in [0.2, 0.25) is 5.85 Å². The van der Waals surface area contributed by atoms with E-state index in [1.165, 1.54) is 6.07 Å². The standard InChI is InChI=1S/C18H20FN5O/c1-21-17-24-16-7-5-12(9-14(16)18(22-2,23-3)25-17)11-4-6-15(19)13(8-11)10-20/h4-9,17,21-24H,1-3H3. The summed E-state index contributed by atoms with van der Waals surface area (Å²) in [6, 6.07) is 12.2. The second kappa shape index (κ2) is 6.78. The number of fused-ring (bicyclic) bond motifs is 1. The Morgan fingerprint density at radius 3 is 2.44 bits per heavy atom. The van der Waals surface area contributed by atoms with E-state index in [1.54, 1.807) is 33.3 Å². The molecule has 0 fully saturated rings. The lowest BCUT2D eigenvalue weighted by Crippen LogP contribution is -2.60. The number of nitrogens with zero attached hydrogens (tertiary/aromatic N) is 1. The largest absolute Gasteiger partial charge is 0.347 e. The van der Waals surface area contributed by atoms with Crippen LogP contribution in [-0.4, -0.2) is 27.5 Å². The first-order valence-electron chi connectivity index (χ1n) is 7.91. The number of benzene rings is 2. The SMILES string of the molecule is CNC1Nc2ccc(-c3ccc(F)c(C#N)c3)cc2C(NC)(NC)O1. The van der Waals surface area contributed by atoms with E-state index in [-0.39, 0.29) is 11.9 Å². The topological polar surface area (TPSA) is 81.1 Å². The van der Waals surface area contributed by atoms with Crippen molar-refractivity contribution in [3.05, 3.63) is 53.3 Å². The molecule has 1 unspecified atom stereocenters. The summed E-state index contributed by atoms with van der Waals surface area (Å²) < 4.78 is 19.6. The molecule has 0 aromatic heterocycles. The highest BCUT2D eigenvalue weighted by Crippen LogP contribution is 2.36. The Kier molecular flexibility index (Phi) is 4.70. The van der Waals surface area contributed by atoms with Gasteiger partial charge in [0, 0.05) is 11.3 Å². The van der Waals surface area contributed by atoms with Crippen molar-refractivity contribution in [3.8, 4) is 17.2 Å². The number of ether oxygens (including phenoxy) is 1. The lowest BCUT2D eigenvalue weighted by atomic mass is 9.97. The average molecular weight is 341 g/mol. The third-order valence-corrected chi connectivity index (χ3v) is 4.37. The van der Waals surface area contributed by atoms with Gasteiger partial charge in [-0.15, -0.1) is 0 Å². The van der Waals surface area contributed by atoms with Gasteiger partial charge in [-0.3, -0.25) is 16.0 Å². The molecular weight excluding hydrogens is 321 g/mol. The summed E-state index contributed by atoms with van der Waals surface area (Å²) in [6.07, 6.45) is -0.366. The fraction of sp³-hybridized carbons (Fsp3) is 0.278. The lowest BCUT2D eigenvalue weighted by molar-refractivity contribution is -0.141. The van der Waals surface area contributed by atoms with Gasteiger partial charge in [-0.25, -0.2) is 4.39 Å². The molecule has 4 N–H and O–H groups in total. The highest BCUT2D eigenvalue weighted by Gasteiger charge is 2.39. The van der Waals surface area contributed by atoms with Gasteiger partial charge in [0.05, 0.1) is 5.56 Å². The van der Waals surface area contributed by atoms with Gasteiger partial charge in [-0.1, -0.05) is 12.1 Å². The smallest absolute Gasteiger partial charge is 0.207 e. The molecule has 3 rings (SSSR count). The van der Waals surface area contributed by atoms with E-state index in [9.17, 15) is 4.39 Å². The van der Waals surface area contributed by atoms with Crippen molar-refractivity contribution in [1.29, 1.82) is 5.26 Å². The van der Waals surface area contributed by atoms with E-state index in [2.05, 4.69) is 21.3 Å². The van der Waals surface area contributed by atoms with Gasteiger partial charge >= 0.3 is 0 Å². The molecule has 0 aliphatic carbocycles. The second-order valence-corrected chi connectivity index (χ2v) is 5.68. The Morgan fingerprint density at radius 1 is 1.12 bits per heavy atom. The predicted octanol–water partition coefficient (Wildman–Crippen LogP) is 1.86. The minimum absolute atomic E-state index is 0.0216. The van der Waals surface area contributed by atoms with Gasteiger partial charge in [0.15, 0.2) is 6.35 Å². The highest BCUT2D eigenvalue weighted by molar-refractivity contribution is 5.71. The van der Waals surface area contributed by atoms with Crippen molar-refractivity contribution in [3.63, 3.8) is 0 Å². The Morgan fingerprint density at radius 2 is 1.80 bits per heavy atom. The van der Waals surface area contributed by atoms with Crippen molar-refractivity contribution in [2.75, 3.05) is 26.5 Å². The van der Waals surface area contributed by atoms with Gasteiger partial charge in [-0.2, -0.15) is 5.26 Å². The maximum absolute atomic E-state index is 13.6. The summed E-state index contributed by atoms with van der Waals surface area (Å²) >= 11 is 0. The van der Waals surface area contributed by atoms with Crippen LogP contribution in [-0.2, 0) is 10.6 Å². The van der Waals surface area contributed by atoms with E-state index >= 15 is 0 Å². The van der Waals surface area contributed by atoms with Crippen LogP contribution in [0.25, 0.3) is 11.1 Å². The molecule has 1 aliphatic rings. The third-order valence-electron chi connectivity index (χ3n) is 4.37. The maximum atomic E-state index is 13.6. The van der Waals surface area contributed by atoms with E-state index < -0.39 is 11.7 Å². The molecule has 6 nitrogen and oxygen atoms in total. The first kappa shape index (κ1) is 17.3. The van der Waals surface area contributed by atoms with E-state index in [0.717, 1.165) is 22.4 Å². The van der Waals surface area contributed by atoms with Crippen LogP contribution in [0.5, 0.6) is 0 Å². The molecule has 0 bridgehead atoms. The molecule has 0 saturated carbocycles. The van der Waals surface area contributed by atoms with Gasteiger partial charge < -0.3 is 10.1 Å². The quantitative estimate of drug-likeness (QED) is 0.636. The zero-order valence-electron chi connectivity index (χ0n) is 14.3. The van der Waals surface area contributed by atoms with Crippen LogP contribution in [0.3, 0.4) is 0 Å². The molecule has 2 aromatic carbocycles. The molecule has 1 heterocycles. The molecule has 7 heteroatoms. The number of anilines is 1. The summed E-state index contributed by atoms with van der Waals surface area (Å²) in [7, 11) is 5.41. The molecule has 1 atom stereocenters. The fourth-order valence-corrected chi connectivity index (χ4v) is 2.99. The van der Waals surface area contributed by atoms with E-state index in [4.69, 9.17) is 10.00 Å². The summed E-state index contributed by atoms with van der Waals surface area (Å²) in [4.78, 5) is 0. The Labute approximate surface area is 146 Å². The number of hydrogen-bond acceptors (Lipinski definition) is 6. The van der Waals surface area contributed by atoms with Crippen LogP contribution in [0.15, 0.2) is 36.4 Å². The number of nitrogens with one attached hydrogen (secondary N) is 4. The van der Waals surface area contributed by atoms with Crippen molar-refractivity contribution >= 4 is 5.69 Å². The molecule has 25 heavy (non-hydrogen) atoms. The van der Waals surface area contributed by atoms with Gasteiger partial charge in [-0.05, 0) is 56.5 Å². The summed E-state index contributed by atoms with van der Waals surface area (Å²) in [5, 5.41) is 21.7. The van der Waals surface area contributed by atoms with Crippen molar-refractivity contribution in [2.24, 2.45) is 0 Å². The van der Waals surface area contributed by atoms with Crippen LogP contribution >= 0.6 is 0 Å². The normalized spacial score (nSPS) is 18.1. The van der Waals surface area contributed by atoms with Crippen molar-refractivity contribution in [2.45, 2.75) is 12.2 Å². The van der Waals surface area contributed by atoms with Crippen LogP contribution < -0.4 is 21.3 Å². The van der Waals surface area contributed by atoms with Crippen molar-refractivity contribution in [1.82, 2.24) is 16.0 Å². The Hall–Kier alpha value is -2.50. The van der Waals surface area contributed by atoms with E-state index in [0.29, 0.717) is 0 Å². The first-order valence-corrected chi connectivity index (χ1v) is 7.91. The molecule has 0 spiro atoms. The molecule has 130 valence electrons. The third kappa shape index (κ3) is 2.97. The molecule has 2 aromatic rings. The predicted molar refractivity (Wildman–Crippen MR) is 93.9 cm³/mol. The highest BCUT2D eigenvalue weighted by atomic mass is 19.1. The minimum atomic E-state index is -0.887. The Balaban J connectivity index is 2.11. The van der Waals surface area contributed by atoms with Crippen LogP contribution in [0.4, 0.5) is 10.1 Å². The Bertz CT molecular complexity index is 829. The fourth-order valence-electron chi connectivity index (χ4n) is 2.99. The van der Waals surface area contributed by atoms with Crippen molar-refractivity contribution < 1.29 is 9.13 Å². The van der Waals surface area contributed by atoms with Crippen LogP contribution in [0, 0.1) is 17.1 Å². The lowest BCUT2D eigenvalue weighted by Gasteiger charge is -2.42. The minimum Gasteiger partial charge on any atom is -0.347 e. The molecular formula is C18H20FN5O. The maximum Gasteiger partial charge on any atom is 0.207 e.